The van der Waals surface area contributed by atoms with E-state index in [4.69, 9.17) is 4.74 Å². The predicted molar refractivity (Wildman–Crippen MR) is 130 cm³/mol. The van der Waals surface area contributed by atoms with E-state index in [1.165, 1.54) is 18.4 Å². The fourth-order valence-electron chi connectivity index (χ4n) is 7.99. The minimum Gasteiger partial charge on any atom is -0.504 e. The number of carbonyl (C=O) groups excluding carboxylic acids is 1. The number of para-hydroxylation sites is 1. The van der Waals surface area contributed by atoms with Crippen LogP contribution >= 0.6 is 0 Å². The molecule has 3 N–H and O–H groups in total. The van der Waals surface area contributed by atoms with Crippen molar-refractivity contribution in [3.63, 3.8) is 0 Å². The fourth-order valence-corrected chi connectivity index (χ4v) is 7.99. The quantitative estimate of drug-likeness (QED) is 0.637. The summed E-state index contributed by atoms with van der Waals surface area (Å²) in [5, 5.41) is 18.2. The third-order valence-electron chi connectivity index (χ3n) is 9.34. The average molecular weight is 460 g/mol. The summed E-state index contributed by atoms with van der Waals surface area (Å²) in [6.45, 7) is 3.79. The average Bonchev–Trinajstić information content (AvgIpc) is 3.56. The van der Waals surface area contributed by atoms with Gasteiger partial charge in [0.1, 0.15) is 6.10 Å². The van der Waals surface area contributed by atoms with E-state index in [0.29, 0.717) is 5.75 Å². The molecule has 1 amide bonds. The number of nitrogens with zero attached hydrogens (tertiary/aromatic N) is 1. The number of rotatable bonds is 5. The molecule has 2 saturated carbocycles. The van der Waals surface area contributed by atoms with Crippen LogP contribution in [0.4, 0.5) is 5.69 Å². The lowest BCUT2D eigenvalue weighted by atomic mass is 9.46. The van der Waals surface area contributed by atoms with Crippen molar-refractivity contribution in [1.29, 1.82) is 0 Å². The Kier molecular flexibility index (Phi) is 4.33. The number of nitrogens with one attached hydrogen (secondary N) is 2. The zero-order valence-electron chi connectivity index (χ0n) is 19.7. The fraction of sp³-hybridized carbons (Fsp3) is 0.536. The molecule has 2 heterocycles. The Morgan fingerprint density at radius 3 is 2.74 bits per heavy atom. The molecule has 6 nitrogen and oxygen atoms in total. The molecular formula is C28H33N3O3. The highest BCUT2D eigenvalue weighted by Gasteiger charge is 2.73. The van der Waals surface area contributed by atoms with Crippen molar-refractivity contribution in [1.82, 2.24) is 10.2 Å². The van der Waals surface area contributed by atoms with Gasteiger partial charge in [-0.05, 0) is 74.8 Å². The first-order valence-corrected chi connectivity index (χ1v) is 12.9. The standard InChI is InChI=1S/C28H33N3O3/c1-17(32)30-28-12-11-21(29-20-5-3-2-4-6-20)26-27(28)13-14-31(16-18-7-8-18)23(28)15-19-9-10-22(33)25(34-26)24(19)27/h2-6,9-10,18,21,23,26,29,33H,7-8,11-16H2,1H3,(H,30,32)/t21?,23-,26?,27+,28-/m1/s1. The lowest BCUT2D eigenvalue weighted by Crippen LogP contribution is -2.82. The predicted octanol–water partition coefficient (Wildman–Crippen LogP) is 3.58. The van der Waals surface area contributed by atoms with Gasteiger partial charge in [-0.25, -0.2) is 0 Å². The highest BCUT2D eigenvalue weighted by Crippen LogP contribution is 2.65. The molecule has 5 aliphatic rings. The first kappa shape index (κ1) is 20.6. The van der Waals surface area contributed by atoms with Gasteiger partial charge < -0.3 is 20.5 Å². The van der Waals surface area contributed by atoms with E-state index in [1.807, 2.05) is 18.2 Å². The Hall–Kier alpha value is -2.73. The Morgan fingerprint density at radius 2 is 1.97 bits per heavy atom. The molecule has 5 atom stereocenters. The first-order valence-electron chi connectivity index (χ1n) is 12.9. The van der Waals surface area contributed by atoms with E-state index in [0.717, 1.165) is 55.9 Å². The lowest BCUT2D eigenvalue weighted by molar-refractivity contribution is -0.133. The van der Waals surface area contributed by atoms with E-state index in [2.05, 4.69) is 33.7 Å². The minimum atomic E-state index is -0.391. The summed E-state index contributed by atoms with van der Waals surface area (Å²) in [7, 11) is 0. The molecule has 2 aromatic carbocycles. The van der Waals surface area contributed by atoms with E-state index < -0.39 is 5.54 Å². The maximum Gasteiger partial charge on any atom is 0.217 e. The van der Waals surface area contributed by atoms with Crippen molar-refractivity contribution in [2.45, 2.75) is 74.6 Å². The van der Waals surface area contributed by atoms with E-state index >= 15 is 0 Å². The normalized spacial score (nSPS) is 35.3. The Balaban J connectivity index is 1.39. The van der Waals surface area contributed by atoms with Gasteiger partial charge in [0, 0.05) is 30.8 Å². The number of aromatic hydroxyl groups is 1. The number of ether oxygens (including phenoxy) is 1. The highest BCUT2D eigenvalue weighted by molar-refractivity contribution is 5.76. The molecule has 34 heavy (non-hydrogen) atoms. The zero-order chi connectivity index (χ0) is 23.1. The van der Waals surface area contributed by atoms with E-state index in [1.54, 1.807) is 13.0 Å². The molecule has 0 aromatic heterocycles. The van der Waals surface area contributed by atoms with Gasteiger partial charge in [0.25, 0.3) is 0 Å². The summed E-state index contributed by atoms with van der Waals surface area (Å²) in [6, 6.07) is 14.6. The van der Waals surface area contributed by atoms with Crippen molar-refractivity contribution in [3.8, 4) is 11.5 Å². The molecule has 1 spiro atoms. The summed E-state index contributed by atoms with van der Waals surface area (Å²) < 4.78 is 6.75. The van der Waals surface area contributed by atoms with Gasteiger partial charge in [0.2, 0.25) is 5.91 Å². The van der Waals surface area contributed by atoms with Gasteiger partial charge in [-0.2, -0.15) is 0 Å². The molecule has 178 valence electrons. The number of benzene rings is 2. The molecule has 0 radical (unpaired) electrons. The zero-order valence-corrected chi connectivity index (χ0v) is 19.7. The number of likely N-dealkylation sites (tertiary alicyclic amines) is 1. The van der Waals surface area contributed by atoms with Crippen molar-refractivity contribution in [2.75, 3.05) is 18.4 Å². The number of anilines is 1. The maximum atomic E-state index is 12.8. The van der Waals surface area contributed by atoms with Crippen LogP contribution in [0.5, 0.6) is 11.5 Å². The topological polar surface area (TPSA) is 73.8 Å². The largest absolute Gasteiger partial charge is 0.504 e. The van der Waals surface area contributed by atoms with Crippen LogP contribution in [-0.4, -0.2) is 52.7 Å². The van der Waals surface area contributed by atoms with Crippen LogP contribution in [0.25, 0.3) is 0 Å². The monoisotopic (exact) mass is 459 g/mol. The molecule has 6 heteroatoms. The first-order chi connectivity index (χ1) is 16.5. The molecule has 2 unspecified atom stereocenters. The Labute approximate surface area is 200 Å². The number of piperidine rings is 1. The number of phenolic OH excluding ortho intramolecular Hbond substituents is 1. The molecule has 2 bridgehead atoms. The van der Waals surface area contributed by atoms with Crippen molar-refractivity contribution < 1.29 is 14.6 Å². The van der Waals surface area contributed by atoms with Crippen LogP contribution < -0.4 is 15.4 Å². The van der Waals surface area contributed by atoms with Crippen LogP contribution in [0.15, 0.2) is 42.5 Å². The Bertz CT molecular complexity index is 1150. The smallest absolute Gasteiger partial charge is 0.217 e. The van der Waals surface area contributed by atoms with Gasteiger partial charge in [-0.15, -0.1) is 0 Å². The number of amides is 1. The molecule has 3 fully saturated rings. The summed E-state index contributed by atoms with van der Waals surface area (Å²) in [5.41, 5.74) is 2.78. The third-order valence-corrected chi connectivity index (χ3v) is 9.34. The van der Waals surface area contributed by atoms with Crippen LogP contribution in [0, 0.1) is 5.92 Å². The summed E-state index contributed by atoms with van der Waals surface area (Å²) >= 11 is 0. The second-order valence-corrected chi connectivity index (χ2v) is 11.2. The van der Waals surface area contributed by atoms with Gasteiger partial charge in [0.15, 0.2) is 11.5 Å². The van der Waals surface area contributed by atoms with Crippen LogP contribution in [0.3, 0.4) is 0 Å². The maximum absolute atomic E-state index is 12.8. The van der Waals surface area contributed by atoms with Gasteiger partial charge in [-0.1, -0.05) is 24.3 Å². The molecule has 2 aromatic rings. The number of hydrogen-bond acceptors (Lipinski definition) is 5. The summed E-state index contributed by atoms with van der Waals surface area (Å²) in [5.74, 6) is 1.69. The SMILES string of the molecule is CC(=O)N[C@@]12CCC(Nc3ccccc3)C3Oc4c(O)ccc5c4[C@@]31CCN(CC1CC1)[C@@H]2C5. The van der Waals surface area contributed by atoms with Gasteiger partial charge in [0.05, 0.1) is 17.0 Å². The van der Waals surface area contributed by atoms with Gasteiger partial charge in [-0.3, -0.25) is 9.69 Å². The van der Waals surface area contributed by atoms with Crippen molar-refractivity contribution in [3.05, 3.63) is 53.6 Å². The second-order valence-electron chi connectivity index (χ2n) is 11.2. The summed E-state index contributed by atoms with van der Waals surface area (Å²) in [6.07, 6.45) is 6.12. The van der Waals surface area contributed by atoms with E-state index in [9.17, 15) is 9.90 Å². The molecular weight excluding hydrogens is 426 g/mol. The van der Waals surface area contributed by atoms with Gasteiger partial charge >= 0.3 is 0 Å². The van der Waals surface area contributed by atoms with Crippen LogP contribution in [0.1, 0.15) is 50.2 Å². The molecule has 3 aliphatic carbocycles. The highest BCUT2D eigenvalue weighted by atomic mass is 16.5. The molecule has 1 saturated heterocycles. The minimum absolute atomic E-state index is 0.0305. The van der Waals surface area contributed by atoms with E-state index in [-0.39, 0.29) is 35.3 Å². The lowest BCUT2D eigenvalue weighted by Gasteiger charge is -2.66. The van der Waals surface area contributed by atoms with Crippen LogP contribution in [0.2, 0.25) is 0 Å². The number of carbonyl (C=O) groups is 1. The number of hydrogen-bond donors (Lipinski definition) is 3. The molecule has 7 rings (SSSR count). The molecule has 2 aliphatic heterocycles. The van der Waals surface area contributed by atoms with Crippen LogP contribution in [-0.2, 0) is 16.6 Å². The number of phenols is 1. The summed E-state index contributed by atoms with van der Waals surface area (Å²) in [4.78, 5) is 15.4. The van der Waals surface area contributed by atoms with Crippen molar-refractivity contribution >= 4 is 11.6 Å². The second kappa shape index (κ2) is 7.14. The van der Waals surface area contributed by atoms with Crippen molar-refractivity contribution in [2.24, 2.45) is 5.92 Å². The third kappa shape index (κ3) is 2.69. The Morgan fingerprint density at radius 1 is 1.15 bits per heavy atom.